The van der Waals surface area contributed by atoms with E-state index in [1.165, 1.54) is 43.4 Å². The van der Waals surface area contributed by atoms with Gasteiger partial charge in [0.05, 0.1) is 19.0 Å². The number of carbonyl (C=O) groups excluding carboxylic acids is 2. The summed E-state index contributed by atoms with van der Waals surface area (Å²) >= 11 is 0. The highest BCUT2D eigenvalue weighted by Gasteiger charge is 2.50. The van der Waals surface area contributed by atoms with E-state index in [4.69, 9.17) is 5.73 Å². The zero-order valence-electron chi connectivity index (χ0n) is 14.7. The number of carbonyl (C=O) groups is 2. The molecule has 2 atom stereocenters. The summed E-state index contributed by atoms with van der Waals surface area (Å²) in [5.41, 5.74) is 5.84. The normalized spacial score (nSPS) is 43.6. The number of nitrogens with one attached hydrogen (secondary N) is 2. The van der Waals surface area contributed by atoms with E-state index in [2.05, 4.69) is 5.32 Å². The summed E-state index contributed by atoms with van der Waals surface area (Å²) in [6.45, 7) is 3.08. The Hall–Kier alpha value is -1.10. The van der Waals surface area contributed by atoms with Gasteiger partial charge in [-0.1, -0.05) is 0 Å². The van der Waals surface area contributed by atoms with Crippen molar-refractivity contribution in [1.29, 1.82) is 0 Å². The Morgan fingerprint density at radius 1 is 1.08 bits per heavy atom. The number of hydrogen-bond acceptors (Lipinski definition) is 2. The lowest BCUT2D eigenvalue weighted by atomic mass is 9.49. The van der Waals surface area contributed by atoms with Crippen LogP contribution in [-0.2, 0) is 9.59 Å². The molecule has 4 saturated carbocycles. The zero-order valence-corrected chi connectivity index (χ0v) is 14.7. The summed E-state index contributed by atoms with van der Waals surface area (Å²) in [5, 5.41) is 3.26. The van der Waals surface area contributed by atoms with Crippen molar-refractivity contribution in [2.45, 2.75) is 51.4 Å². The summed E-state index contributed by atoms with van der Waals surface area (Å²) in [7, 11) is 0. The highest BCUT2D eigenvalue weighted by atomic mass is 16.2. The Bertz CT molecular complexity index is 483. The Morgan fingerprint density at radius 2 is 1.71 bits per heavy atom. The maximum absolute atomic E-state index is 12.4. The third-order valence-corrected chi connectivity index (χ3v) is 7.26. The molecule has 0 aromatic carbocycles. The average molecular weight is 334 g/mol. The molecule has 1 unspecified atom stereocenters. The summed E-state index contributed by atoms with van der Waals surface area (Å²) in [6.07, 6.45) is 10.2. The SMILES string of the molecule is NC(=O)[C@H]1CCC[NH+](CC(=O)NCC23CC4CC(CC(C4)C2)C3)C1. The van der Waals surface area contributed by atoms with E-state index in [-0.39, 0.29) is 17.7 Å². The molecule has 0 spiro atoms. The van der Waals surface area contributed by atoms with Gasteiger partial charge in [0, 0.05) is 6.54 Å². The summed E-state index contributed by atoms with van der Waals surface area (Å²) in [5.74, 6) is 2.68. The van der Waals surface area contributed by atoms with Crippen molar-refractivity contribution >= 4 is 11.8 Å². The van der Waals surface area contributed by atoms with Crippen molar-refractivity contribution in [2.24, 2.45) is 34.8 Å². The first kappa shape index (κ1) is 16.4. The second-order valence-electron chi connectivity index (χ2n) is 9.32. The molecule has 134 valence electrons. The molecule has 5 nitrogen and oxygen atoms in total. The second-order valence-corrected chi connectivity index (χ2v) is 9.32. The maximum atomic E-state index is 12.4. The second kappa shape index (κ2) is 6.32. The van der Waals surface area contributed by atoms with Crippen LogP contribution in [0.4, 0.5) is 0 Å². The predicted molar refractivity (Wildman–Crippen MR) is 91.1 cm³/mol. The van der Waals surface area contributed by atoms with Crippen molar-refractivity contribution in [3.05, 3.63) is 0 Å². The molecule has 5 aliphatic rings. The molecule has 4 bridgehead atoms. The van der Waals surface area contributed by atoms with Gasteiger partial charge in [-0.25, -0.2) is 0 Å². The van der Waals surface area contributed by atoms with Gasteiger partial charge < -0.3 is 16.0 Å². The molecule has 5 fully saturated rings. The number of amides is 2. The Morgan fingerprint density at radius 3 is 2.29 bits per heavy atom. The van der Waals surface area contributed by atoms with Gasteiger partial charge in [-0.2, -0.15) is 0 Å². The van der Waals surface area contributed by atoms with E-state index in [1.807, 2.05) is 0 Å². The number of nitrogens with two attached hydrogens (primary N) is 1. The lowest BCUT2D eigenvalue weighted by Crippen LogP contribution is -3.15. The quantitative estimate of drug-likeness (QED) is 0.667. The van der Waals surface area contributed by atoms with Crippen LogP contribution < -0.4 is 16.0 Å². The van der Waals surface area contributed by atoms with Crippen molar-refractivity contribution in [3.8, 4) is 0 Å². The van der Waals surface area contributed by atoms with E-state index >= 15 is 0 Å². The largest absolute Gasteiger partial charge is 0.369 e. The predicted octanol–water partition coefficient (Wildman–Crippen LogP) is 0.0992. The molecule has 0 aromatic heterocycles. The Balaban J connectivity index is 1.27. The monoisotopic (exact) mass is 334 g/mol. The van der Waals surface area contributed by atoms with E-state index in [0.29, 0.717) is 12.0 Å². The van der Waals surface area contributed by atoms with Gasteiger partial charge in [-0.05, 0) is 74.5 Å². The minimum Gasteiger partial charge on any atom is -0.369 e. The first-order valence-corrected chi connectivity index (χ1v) is 9.91. The molecule has 1 aliphatic heterocycles. The van der Waals surface area contributed by atoms with Gasteiger partial charge in [0.2, 0.25) is 5.91 Å². The number of quaternary nitrogens is 1. The average Bonchev–Trinajstić information content (AvgIpc) is 2.52. The van der Waals surface area contributed by atoms with Gasteiger partial charge in [-0.3, -0.25) is 9.59 Å². The molecule has 24 heavy (non-hydrogen) atoms. The third-order valence-electron chi connectivity index (χ3n) is 7.26. The van der Waals surface area contributed by atoms with Crippen LogP contribution in [0.3, 0.4) is 0 Å². The van der Waals surface area contributed by atoms with E-state index in [0.717, 1.165) is 50.2 Å². The number of rotatable bonds is 5. The van der Waals surface area contributed by atoms with Crippen LogP contribution in [-0.4, -0.2) is 38.0 Å². The molecule has 2 amide bonds. The minimum absolute atomic E-state index is 0.0512. The maximum Gasteiger partial charge on any atom is 0.275 e. The highest BCUT2D eigenvalue weighted by Crippen LogP contribution is 2.59. The van der Waals surface area contributed by atoms with E-state index < -0.39 is 0 Å². The molecular weight excluding hydrogens is 302 g/mol. The topological polar surface area (TPSA) is 76.6 Å². The van der Waals surface area contributed by atoms with Crippen LogP contribution in [0.5, 0.6) is 0 Å². The first-order chi connectivity index (χ1) is 11.5. The molecule has 4 N–H and O–H groups in total. The number of primary amides is 1. The molecule has 5 rings (SSSR count). The van der Waals surface area contributed by atoms with Crippen molar-refractivity contribution in [2.75, 3.05) is 26.2 Å². The molecule has 1 saturated heterocycles. The van der Waals surface area contributed by atoms with Crippen LogP contribution in [0.25, 0.3) is 0 Å². The van der Waals surface area contributed by atoms with Gasteiger partial charge >= 0.3 is 0 Å². The summed E-state index contributed by atoms with van der Waals surface area (Å²) in [6, 6.07) is 0. The summed E-state index contributed by atoms with van der Waals surface area (Å²) in [4.78, 5) is 25.0. The van der Waals surface area contributed by atoms with Gasteiger partial charge in [0.25, 0.3) is 5.91 Å². The van der Waals surface area contributed by atoms with Crippen LogP contribution >= 0.6 is 0 Å². The van der Waals surface area contributed by atoms with Crippen LogP contribution in [0.15, 0.2) is 0 Å². The molecule has 5 heteroatoms. The molecular formula is C19H32N3O2+. The van der Waals surface area contributed by atoms with E-state index in [9.17, 15) is 9.59 Å². The number of piperidine rings is 1. The molecule has 0 radical (unpaired) electrons. The van der Waals surface area contributed by atoms with Crippen molar-refractivity contribution < 1.29 is 14.5 Å². The van der Waals surface area contributed by atoms with Gasteiger partial charge in [0.15, 0.2) is 6.54 Å². The Kier molecular flexibility index (Phi) is 4.31. The highest BCUT2D eigenvalue weighted by molar-refractivity contribution is 5.77. The molecule has 0 aromatic rings. The first-order valence-electron chi connectivity index (χ1n) is 9.91. The van der Waals surface area contributed by atoms with Crippen LogP contribution in [0.1, 0.15) is 51.4 Å². The summed E-state index contributed by atoms with van der Waals surface area (Å²) < 4.78 is 0. The fourth-order valence-corrected chi connectivity index (χ4v) is 6.64. The van der Waals surface area contributed by atoms with Gasteiger partial charge in [-0.15, -0.1) is 0 Å². The number of likely N-dealkylation sites (tertiary alicyclic amines) is 1. The fraction of sp³-hybridized carbons (Fsp3) is 0.895. The van der Waals surface area contributed by atoms with Crippen molar-refractivity contribution in [3.63, 3.8) is 0 Å². The lowest BCUT2D eigenvalue weighted by molar-refractivity contribution is -0.899. The van der Waals surface area contributed by atoms with Crippen LogP contribution in [0.2, 0.25) is 0 Å². The van der Waals surface area contributed by atoms with Gasteiger partial charge in [0.1, 0.15) is 0 Å². The fourth-order valence-electron chi connectivity index (χ4n) is 6.64. The van der Waals surface area contributed by atoms with E-state index in [1.54, 1.807) is 0 Å². The molecule has 4 aliphatic carbocycles. The zero-order chi connectivity index (χ0) is 16.7. The Labute approximate surface area is 144 Å². The number of hydrogen-bond donors (Lipinski definition) is 3. The van der Waals surface area contributed by atoms with Crippen LogP contribution in [0, 0.1) is 29.1 Å². The molecule has 1 heterocycles. The standard InChI is InChI=1S/C19H31N3O2/c20-18(24)16-2-1-3-22(10-16)11-17(23)21-12-19-7-13-4-14(8-19)6-15(5-13)9-19/h13-16H,1-12H2,(H2,20,24)(H,21,23)/p+1/t13?,14?,15?,16-,19?/m0/s1. The smallest absolute Gasteiger partial charge is 0.275 e. The minimum atomic E-state index is -0.207. The lowest BCUT2D eigenvalue weighted by Gasteiger charge is -2.56. The third kappa shape index (κ3) is 3.32. The van der Waals surface area contributed by atoms with Crippen molar-refractivity contribution in [1.82, 2.24) is 5.32 Å².